The van der Waals surface area contributed by atoms with Gasteiger partial charge in [-0.3, -0.25) is 4.79 Å². The average Bonchev–Trinajstić information content (AvgIpc) is 2.73. The molecule has 9 heteroatoms. The molecule has 9 nitrogen and oxygen atoms in total. The summed E-state index contributed by atoms with van der Waals surface area (Å²) in [6, 6.07) is -0.977. The fourth-order valence-electron chi connectivity index (χ4n) is 3.52. The Morgan fingerprint density at radius 3 is 1.66 bits per heavy atom. The van der Waals surface area contributed by atoms with Crippen molar-refractivity contribution in [1.82, 2.24) is 5.32 Å². The molecule has 0 aromatic heterocycles. The summed E-state index contributed by atoms with van der Waals surface area (Å²) >= 11 is 0. The second-order valence-corrected chi connectivity index (χ2v) is 8.49. The number of rotatable bonds is 22. The number of carbonyl (C=O) groups excluding carboxylic acids is 2. The number of nitrogens with zero attached hydrogens (tertiary/aromatic N) is 2. The lowest BCUT2D eigenvalue weighted by molar-refractivity contribution is -0.142. The fourth-order valence-corrected chi connectivity index (χ4v) is 3.52. The molecule has 1 amide bonds. The van der Waals surface area contributed by atoms with Crippen molar-refractivity contribution in [3.8, 4) is 0 Å². The Morgan fingerprint density at radius 2 is 1.25 bits per heavy atom. The highest BCUT2D eigenvalue weighted by Crippen LogP contribution is 2.13. The van der Waals surface area contributed by atoms with Gasteiger partial charge in [-0.1, -0.05) is 75.9 Å². The molecule has 1 atom stereocenters. The number of ketones is 1. The zero-order valence-corrected chi connectivity index (χ0v) is 19.7. The Morgan fingerprint density at radius 1 is 0.812 bits per heavy atom. The third-order valence-electron chi connectivity index (χ3n) is 5.43. The van der Waals surface area contributed by atoms with Gasteiger partial charge in [0, 0.05) is 19.3 Å². The Bertz CT molecular complexity index is 581. The molecular formula is C23H43N5O4. The number of hydrogen-bond acceptors (Lipinski definition) is 5. The van der Waals surface area contributed by atoms with E-state index in [2.05, 4.69) is 15.6 Å². The molecule has 0 saturated carbocycles. The molecule has 0 heterocycles. The van der Waals surface area contributed by atoms with Gasteiger partial charge in [0.05, 0.1) is 0 Å². The molecule has 0 spiro atoms. The monoisotopic (exact) mass is 453 g/mol. The summed E-state index contributed by atoms with van der Waals surface area (Å²) in [5.74, 6) is -0.975. The topological polar surface area (TPSA) is 158 Å². The van der Waals surface area contributed by atoms with Crippen molar-refractivity contribution < 1.29 is 19.5 Å². The molecular weight excluding hydrogens is 410 g/mol. The van der Waals surface area contributed by atoms with Gasteiger partial charge in [0.25, 0.3) is 0 Å². The van der Waals surface area contributed by atoms with E-state index in [-0.39, 0.29) is 24.5 Å². The van der Waals surface area contributed by atoms with Crippen molar-refractivity contribution in [2.45, 2.75) is 122 Å². The average molecular weight is 454 g/mol. The van der Waals surface area contributed by atoms with Gasteiger partial charge >= 0.3 is 5.97 Å². The Labute approximate surface area is 192 Å². The van der Waals surface area contributed by atoms with Crippen LogP contribution in [0.1, 0.15) is 116 Å². The minimum Gasteiger partial charge on any atom is -0.480 e. The van der Waals surface area contributed by atoms with Gasteiger partial charge in [0.1, 0.15) is 17.7 Å². The van der Waals surface area contributed by atoms with Crippen molar-refractivity contribution in [2.24, 2.45) is 16.1 Å². The summed E-state index contributed by atoms with van der Waals surface area (Å²) in [6.07, 6.45) is 16.3. The standard InChI is InChI=1S/C23H43N5O4/c1-19(29)17-18-20(23(31)32)26-22(30)16-14-12-10-8-6-4-2-3-5-7-9-11-13-15-21(24)27-28-25/h20H,2-18H2,1H3,(H,26,30)(H,31,32)(H3,24,25,27)/t20-/m0/s1. The maximum Gasteiger partial charge on any atom is 0.326 e. The van der Waals surface area contributed by atoms with E-state index >= 15 is 0 Å². The highest BCUT2D eigenvalue weighted by atomic mass is 16.4. The van der Waals surface area contributed by atoms with E-state index in [4.69, 9.17) is 16.4 Å². The summed E-state index contributed by atoms with van der Waals surface area (Å²) in [7, 11) is 0. The molecule has 0 aliphatic rings. The molecule has 0 aromatic carbocycles. The maximum absolute atomic E-state index is 11.9. The van der Waals surface area contributed by atoms with Crippen LogP contribution >= 0.6 is 0 Å². The number of carboxylic acids is 1. The van der Waals surface area contributed by atoms with Gasteiger partial charge in [-0.05, 0) is 26.2 Å². The predicted octanol–water partition coefficient (Wildman–Crippen LogP) is 5.08. The third kappa shape index (κ3) is 19.6. The number of amides is 1. The lowest BCUT2D eigenvalue weighted by Gasteiger charge is -2.13. The quantitative estimate of drug-likeness (QED) is 0.0590. The molecule has 0 bridgehead atoms. The molecule has 32 heavy (non-hydrogen) atoms. The van der Waals surface area contributed by atoms with Crippen molar-refractivity contribution in [1.29, 1.82) is 5.53 Å². The molecule has 5 N–H and O–H groups in total. The fraction of sp³-hybridized carbons (Fsp3) is 0.826. The first kappa shape index (κ1) is 29.7. The van der Waals surface area contributed by atoms with Gasteiger partial charge in [0.15, 0.2) is 0 Å². The molecule has 0 fully saturated rings. The molecule has 184 valence electrons. The minimum absolute atomic E-state index is 0.0764. The van der Waals surface area contributed by atoms with Gasteiger partial charge < -0.3 is 21.0 Å². The first-order chi connectivity index (χ1) is 15.4. The lowest BCUT2D eigenvalue weighted by atomic mass is 10.0. The van der Waals surface area contributed by atoms with Crippen LogP contribution in [0.5, 0.6) is 0 Å². The Balaban J connectivity index is 3.47. The molecule has 0 unspecified atom stereocenters. The zero-order chi connectivity index (χ0) is 24.0. The van der Waals surface area contributed by atoms with E-state index in [1.165, 1.54) is 58.3 Å². The second-order valence-electron chi connectivity index (χ2n) is 8.49. The number of carbonyl (C=O) groups is 3. The lowest BCUT2D eigenvalue weighted by Crippen LogP contribution is -2.40. The van der Waals surface area contributed by atoms with Crippen LogP contribution in [0.3, 0.4) is 0 Å². The predicted molar refractivity (Wildman–Crippen MR) is 126 cm³/mol. The third-order valence-corrected chi connectivity index (χ3v) is 5.43. The van der Waals surface area contributed by atoms with Crippen molar-refractivity contribution in [3.05, 3.63) is 0 Å². The van der Waals surface area contributed by atoms with E-state index < -0.39 is 12.0 Å². The van der Waals surface area contributed by atoms with Crippen molar-refractivity contribution >= 4 is 23.5 Å². The maximum atomic E-state index is 11.9. The molecule has 0 radical (unpaired) electrons. The number of nitrogens with two attached hydrogens (primary N) is 1. The molecule has 0 aliphatic carbocycles. The highest BCUT2D eigenvalue weighted by Gasteiger charge is 2.19. The van der Waals surface area contributed by atoms with Crippen LogP contribution in [-0.4, -0.2) is 34.6 Å². The smallest absolute Gasteiger partial charge is 0.326 e. The zero-order valence-electron chi connectivity index (χ0n) is 19.7. The van der Waals surface area contributed by atoms with Gasteiger partial charge in [-0.2, -0.15) is 5.53 Å². The van der Waals surface area contributed by atoms with Crippen molar-refractivity contribution in [2.75, 3.05) is 0 Å². The van der Waals surface area contributed by atoms with E-state index in [1.54, 1.807) is 0 Å². The number of unbranched alkanes of at least 4 members (excludes halogenated alkanes) is 12. The number of carboxylic acid groups (broad SMARTS) is 1. The number of aliphatic carboxylic acids is 1. The Kier molecular flexibility index (Phi) is 19.1. The minimum atomic E-state index is -1.09. The summed E-state index contributed by atoms with van der Waals surface area (Å²) in [5.41, 5.74) is 12.2. The van der Waals surface area contributed by atoms with Gasteiger partial charge in [-0.15, -0.1) is 5.10 Å². The second kappa shape index (κ2) is 20.6. The number of nitrogens with one attached hydrogen (secondary N) is 2. The summed E-state index contributed by atoms with van der Waals surface area (Å²) in [4.78, 5) is 34.0. The van der Waals surface area contributed by atoms with Crippen molar-refractivity contribution in [3.63, 3.8) is 0 Å². The van der Waals surface area contributed by atoms with Crippen LogP contribution in [0.4, 0.5) is 0 Å². The number of amidine groups is 1. The van der Waals surface area contributed by atoms with E-state index in [9.17, 15) is 14.4 Å². The first-order valence-corrected chi connectivity index (χ1v) is 12.1. The summed E-state index contributed by atoms with van der Waals surface area (Å²) in [6.45, 7) is 1.42. The first-order valence-electron chi connectivity index (χ1n) is 12.1. The van der Waals surface area contributed by atoms with E-state index in [1.807, 2.05) is 0 Å². The summed E-state index contributed by atoms with van der Waals surface area (Å²) < 4.78 is 0. The molecule has 0 aromatic rings. The SMILES string of the molecule is CC(=O)CC[C@H](NC(=O)CCCCCCCCCCCCCCCC(N)=NN=N)C(=O)O. The van der Waals surface area contributed by atoms with E-state index in [0.717, 1.165) is 38.5 Å². The highest BCUT2D eigenvalue weighted by molar-refractivity contribution is 5.84. The molecule has 0 rings (SSSR count). The van der Waals surface area contributed by atoms with Crippen LogP contribution in [0.15, 0.2) is 10.3 Å². The Hall–Kier alpha value is -2.32. The van der Waals surface area contributed by atoms with Crippen LogP contribution < -0.4 is 11.1 Å². The summed E-state index contributed by atoms with van der Waals surface area (Å²) in [5, 5.41) is 18.1. The van der Waals surface area contributed by atoms with Gasteiger partial charge in [0.2, 0.25) is 5.91 Å². The largest absolute Gasteiger partial charge is 0.480 e. The van der Waals surface area contributed by atoms with Gasteiger partial charge in [-0.25, -0.2) is 4.79 Å². The number of hydrogen-bond donors (Lipinski definition) is 4. The van der Waals surface area contributed by atoms with Crippen LogP contribution in [0, 0.1) is 5.53 Å². The molecule has 0 aliphatic heterocycles. The normalized spacial score (nSPS) is 12.3. The van der Waals surface area contributed by atoms with Crippen LogP contribution in [0.2, 0.25) is 0 Å². The van der Waals surface area contributed by atoms with Crippen LogP contribution in [0.25, 0.3) is 0 Å². The van der Waals surface area contributed by atoms with Crippen LogP contribution in [-0.2, 0) is 14.4 Å². The number of Topliss-reactive ketones (excluding diaryl/α,β-unsaturated/α-hetero) is 1. The molecule has 0 saturated heterocycles. The van der Waals surface area contributed by atoms with E-state index in [0.29, 0.717) is 12.3 Å².